The van der Waals surface area contributed by atoms with Gasteiger partial charge in [-0.1, -0.05) is 18.2 Å². The molecule has 7 nitrogen and oxygen atoms in total. The van der Waals surface area contributed by atoms with Gasteiger partial charge in [0.1, 0.15) is 12.4 Å². The van der Waals surface area contributed by atoms with E-state index in [1.165, 1.54) is 0 Å². The van der Waals surface area contributed by atoms with Crippen molar-refractivity contribution in [3.8, 4) is 5.69 Å². The van der Waals surface area contributed by atoms with Crippen molar-refractivity contribution >= 4 is 17.6 Å². The van der Waals surface area contributed by atoms with E-state index in [2.05, 4.69) is 15.6 Å². The Hall–Kier alpha value is -3.61. The molecule has 2 aromatic carbocycles. The van der Waals surface area contributed by atoms with E-state index in [0.717, 1.165) is 17.2 Å². The van der Waals surface area contributed by atoms with Crippen LogP contribution in [0.25, 0.3) is 5.69 Å². The fourth-order valence-electron chi connectivity index (χ4n) is 2.47. The molecule has 0 fully saturated rings. The molecule has 1 aromatic heterocycles. The standard InChI is InChI=1S/C19H18N4O3/c24-18(25)13-22-19(26)14-6-8-15(9-7-14)21-12-17-20-10-11-23(17)16-4-2-1-3-5-16/h1-11,21H,12-13H2,(H,22,26)(H,24,25). The summed E-state index contributed by atoms with van der Waals surface area (Å²) in [5.41, 5.74) is 2.28. The van der Waals surface area contributed by atoms with E-state index < -0.39 is 18.4 Å². The first-order valence-electron chi connectivity index (χ1n) is 8.05. The minimum absolute atomic E-state index is 0.402. The summed E-state index contributed by atoms with van der Waals surface area (Å²) in [6.07, 6.45) is 3.65. The number of imidazole rings is 1. The van der Waals surface area contributed by atoms with Gasteiger partial charge in [0.05, 0.1) is 6.54 Å². The number of para-hydroxylation sites is 1. The Labute approximate surface area is 150 Å². The number of anilines is 1. The number of hydrogen-bond acceptors (Lipinski definition) is 4. The van der Waals surface area contributed by atoms with E-state index in [1.54, 1.807) is 30.5 Å². The summed E-state index contributed by atoms with van der Waals surface area (Å²) in [7, 11) is 0. The summed E-state index contributed by atoms with van der Waals surface area (Å²) in [5.74, 6) is -0.636. The molecule has 1 heterocycles. The van der Waals surface area contributed by atoms with Gasteiger partial charge in [0, 0.05) is 29.3 Å². The summed E-state index contributed by atoms with van der Waals surface area (Å²) >= 11 is 0. The molecule has 0 saturated carbocycles. The van der Waals surface area contributed by atoms with Crippen LogP contribution in [-0.4, -0.2) is 33.1 Å². The van der Waals surface area contributed by atoms with E-state index in [-0.39, 0.29) is 0 Å². The molecular weight excluding hydrogens is 332 g/mol. The Kier molecular flexibility index (Phi) is 5.28. The predicted molar refractivity (Wildman–Crippen MR) is 97.3 cm³/mol. The number of benzene rings is 2. The van der Waals surface area contributed by atoms with Crippen molar-refractivity contribution in [1.29, 1.82) is 0 Å². The molecule has 0 aliphatic rings. The van der Waals surface area contributed by atoms with Crippen molar-refractivity contribution in [2.75, 3.05) is 11.9 Å². The van der Waals surface area contributed by atoms with Crippen LogP contribution in [-0.2, 0) is 11.3 Å². The van der Waals surface area contributed by atoms with E-state index in [1.807, 2.05) is 41.1 Å². The molecule has 0 aliphatic heterocycles. The van der Waals surface area contributed by atoms with Gasteiger partial charge in [0.2, 0.25) is 0 Å². The highest BCUT2D eigenvalue weighted by Crippen LogP contribution is 2.14. The van der Waals surface area contributed by atoms with Crippen LogP contribution in [0.3, 0.4) is 0 Å². The van der Waals surface area contributed by atoms with Crippen LogP contribution in [0.15, 0.2) is 67.0 Å². The molecule has 0 aliphatic carbocycles. The minimum atomic E-state index is -1.08. The maximum Gasteiger partial charge on any atom is 0.322 e. The van der Waals surface area contributed by atoms with Crippen LogP contribution < -0.4 is 10.6 Å². The van der Waals surface area contributed by atoms with Gasteiger partial charge in [-0.2, -0.15) is 0 Å². The third-order valence-corrected chi connectivity index (χ3v) is 3.75. The number of nitrogens with one attached hydrogen (secondary N) is 2. The molecule has 26 heavy (non-hydrogen) atoms. The quantitative estimate of drug-likeness (QED) is 0.608. The van der Waals surface area contributed by atoms with Gasteiger partial charge in [0.15, 0.2) is 0 Å². The van der Waals surface area contributed by atoms with Gasteiger partial charge in [0.25, 0.3) is 5.91 Å². The molecule has 0 bridgehead atoms. The van der Waals surface area contributed by atoms with Crippen molar-refractivity contribution in [2.24, 2.45) is 0 Å². The predicted octanol–water partition coefficient (Wildman–Crippen LogP) is 2.30. The average molecular weight is 350 g/mol. The largest absolute Gasteiger partial charge is 0.480 e. The summed E-state index contributed by atoms with van der Waals surface area (Å²) in [5, 5.41) is 14.2. The molecule has 0 unspecified atom stereocenters. The van der Waals surface area contributed by atoms with Gasteiger partial charge < -0.3 is 20.3 Å². The van der Waals surface area contributed by atoms with Gasteiger partial charge in [-0.25, -0.2) is 4.98 Å². The van der Waals surface area contributed by atoms with Gasteiger partial charge >= 0.3 is 5.97 Å². The molecule has 3 N–H and O–H groups in total. The van der Waals surface area contributed by atoms with Gasteiger partial charge in [-0.3, -0.25) is 9.59 Å². The number of carbonyl (C=O) groups is 2. The van der Waals surface area contributed by atoms with Crippen molar-refractivity contribution < 1.29 is 14.7 Å². The zero-order chi connectivity index (χ0) is 18.4. The number of carbonyl (C=O) groups excluding carboxylic acids is 1. The first-order valence-corrected chi connectivity index (χ1v) is 8.05. The van der Waals surface area contributed by atoms with Crippen LogP contribution >= 0.6 is 0 Å². The van der Waals surface area contributed by atoms with Crippen LogP contribution in [0, 0.1) is 0 Å². The highest BCUT2D eigenvalue weighted by atomic mass is 16.4. The highest BCUT2D eigenvalue weighted by molar-refractivity contribution is 5.96. The van der Waals surface area contributed by atoms with Gasteiger partial charge in [-0.15, -0.1) is 0 Å². The second-order valence-electron chi connectivity index (χ2n) is 5.56. The fourth-order valence-corrected chi connectivity index (χ4v) is 2.47. The van der Waals surface area contributed by atoms with Crippen LogP contribution in [0.1, 0.15) is 16.2 Å². The maximum absolute atomic E-state index is 11.8. The Balaban J connectivity index is 1.62. The van der Waals surface area contributed by atoms with Crippen molar-refractivity contribution in [3.05, 3.63) is 78.4 Å². The first-order chi connectivity index (χ1) is 12.6. The summed E-state index contributed by atoms with van der Waals surface area (Å²) in [6.45, 7) is 0.118. The lowest BCUT2D eigenvalue weighted by Crippen LogP contribution is -2.29. The average Bonchev–Trinajstić information content (AvgIpc) is 3.14. The summed E-state index contributed by atoms with van der Waals surface area (Å²) in [6, 6.07) is 16.8. The summed E-state index contributed by atoms with van der Waals surface area (Å²) < 4.78 is 2.00. The number of aliphatic carboxylic acids is 1. The number of rotatable bonds is 7. The second-order valence-corrected chi connectivity index (χ2v) is 5.56. The zero-order valence-electron chi connectivity index (χ0n) is 13.9. The number of amides is 1. The molecule has 0 saturated heterocycles. The monoisotopic (exact) mass is 350 g/mol. The molecule has 7 heteroatoms. The smallest absolute Gasteiger partial charge is 0.322 e. The Morgan fingerprint density at radius 3 is 2.46 bits per heavy atom. The van der Waals surface area contributed by atoms with E-state index >= 15 is 0 Å². The zero-order valence-corrected chi connectivity index (χ0v) is 13.9. The second kappa shape index (κ2) is 7.98. The topological polar surface area (TPSA) is 96.2 Å². The maximum atomic E-state index is 11.8. The minimum Gasteiger partial charge on any atom is -0.480 e. The van der Waals surface area contributed by atoms with Crippen molar-refractivity contribution in [3.63, 3.8) is 0 Å². The van der Waals surface area contributed by atoms with Crippen LogP contribution in [0.4, 0.5) is 5.69 Å². The first kappa shape index (κ1) is 17.2. The Morgan fingerprint density at radius 2 is 1.77 bits per heavy atom. The fraction of sp³-hybridized carbons (Fsp3) is 0.105. The molecular formula is C19H18N4O3. The van der Waals surface area contributed by atoms with E-state index in [4.69, 9.17) is 5.11 Å². The van der Waals surface area contributed by atoms with E-state index in [9.17, 15) is 9.59 Å². The molecule has 3 aromatic rings. The highest BCUT2D eigenvalue weighted by Gasteiger charge is 2.08. The Morgan fingerprint density at radius 1 is 1.04 bits per heavy atom. The molecule has 1 amide bonds. The van der Waals surface area contributed by atoms with Gasteiger partial charge in [-0.05, 0) is 36.4 Å². The third-order valence-electron chi connectivity index (χ3n) is 3.75. The number of carboxylic acid groups (broad SMARTS) is 1. The van der Waals surface area contributed by atoms with Crippen molar-refractivity contribution in [2.45, 2.75) is 6.54 Å². The molecule has 0 radical (unpaired) electrons. The lowest BCUT2D eigenvalue weighted by molar-refractivity contribution is -0.135. The SMILES string of the molecule is O=C(O)CNC(=O)c1ccc(NCc2nccn2-c2ccccc2)cc1. The molecule has 3 rings (SSSR count). The number of hydrogen-bond donors (Lipinski definition) is 3. The lowest BCUT2D eigenvalue weighted by Gasteiger charge is -2.10. The Bertz CT molecular complexity index is 889. The number of aromatic nitrogens is 2. The van der Waals surface area contributed by atoms with Crippen molar-refractivity contribution in [1.82, 2.24) is 14.9 Å². The van der Waals surface area contributed by atoms with E-state index in [0.29, 0.717) is 12.1 Å². The number of nitrogens with zero attached hydrogens (tertiary/aromatic N) is 2. The number of carboxylic acids is 1. The third kappa shape index (κ3) is 4.27. The molecule has 132 valence electrons. The summed E-state index contributed by atoms with van der Waals surface area (Å²) in [4.78, 5) is 26.7. The van der Waals surface area contributed by atoms with Crippen LogP contribution in [0.2, 0.25) is 0 Å². The normalized spacial score (nSPS) is 10.3. The van der Waals surface area contributed by atoms with Crippen LogP contribution in [0.5, 0.6) is 0 Å². The molecule has 0 atom stereocenters. The lowest BCUT2D eigenvalue weighted by atomic mass is 10.2. The molecule has 0 spiro atoms.